The van der Waals surface area contributed by atoms with Gasteiger partial charge in [0, 0.05) is 29.3 Å². The highest BCUT2D eigenvalue weighted by molar-refractivity contribution is 7.10. The maximum absolute atomic E-state index is 11.5. The van der Waals surface area contributed by atoms with Gasteiger partial charge < -0.3 is 5.11 Å². The summed E-state index contributed by atoms with van der Waals surface area (Å²) in [5, 5.41) is 10.6. The lowest BCUT2D eigenvalue weighted by atomic mass is 10.2. The first kappa shape index (κ1) is 12.6. The van der Waals surface area contributed by atoms with Crippen LogP contribution in [0.5, 0.6) is 0 Å². The maximum atomic E-state index is 11.5. The highest BCUT2D eigenvalue weighted by Crippen LogP contribution is 2.16. The second-order valence-corrected chi connectivity index (χ2v) is 4.56. The van der Waals surface area contributed by atoms with Gasteiger partial charge in [0.2, 0.25) is 0 Å². The number of aromatic nitrogens is 2. The number of aliphatic hydroxyl groups excluding tert-OH is 1. The van der Waals surface area contributed by atoms with Crippen LogP contribution in [-0.2, 0) is 6.54 Å². The van der Waals surface area contributed by atoms with Gasteiger partial charge in [-0.15, -0.1) is 11.3 Å². The minimum atomic E-state index is -0.264. The standard InChI is InChI=1S/C13H12N2O2S/c16-8-2-1-4-11-5-9-18-12(11)10-15-7-3-6-14-13(15)17/h3,5-7,9,16H,2,8,10H2. The summed E-state index contributed by atoms with van der Waals surface area (Å²) in [6, 6.07) is 3.65. The fourth-order valence-corrected chi connectivity index (χ4v) is 2.28. The smallest absolute Gasteiger partial charge is 0.347 e. The quantitative estimate of drug-likeness (QED) is 0.840. The van der Waals surface area contributed by atoms with Crippen LogP contribution in [0.4, 0.5) is 0 Å². The van der Waals surface area contributed by atoms with Gasteiger partial charge in [0.1, 0.15) is 0 Å². The molecule has 0 saturated heterocycles. The van der Waals surface area contributed by atoms with E-state index in [1.54, 1.807) is 28.2 Å². The number of hydrogen-bond donors (Lipinski definition) is 1. The molecule has 0 radical (unpaired) electrons. The van der Waals surface area contributed by atoms with Crippen molar-refractivity contribution in [1.82, 2.24) is 9.55 Å². The fourth-order valence-electron chi connectivity index (χ4n) is 1.45. The van der Waals surface area contributed by atoms with Crippen molar-refractivity contribution in [1.29, 1.82) is 0 Å². The molecule has 0 saturated carbocycles. The number of nitrogens with zero attached hydrogens (tertiary/aromatic N) is 2. The zero-order valence-electron chi connectivity index (χ0n) is 9.67. The SMILES string of the molecule is O=c1ncccn1Cc1sccc1C#CCCO. The molecule has 0 unspecified atom stereocenters. The van der Waals surface area contributed by atoms with E-state index in [-0.39, 0.29) is 12.3 Å². The van der Waals surface area contributed by atoms with Crippen LogP contribution in [0.15, 0.2) is 34.7 Å². The highest BCUT2D eigenvalue weighted by Gasteiger charge is 2.04. The summed E-state index contributed by atoms with van der Waals surface area (Å²) in [6.45, 7) is 0.544. The molecule has 2 heterocycles. The third-order valence-electron chi connectivity index (χ3n) is 2.30. The van der Waals surface area contributed by atoms with Gasteiger partial charge >= 0.3 is 5.69 Å². The molecule has 1 N–H and O–H groups in total. The lowest BCUT2D eigenvalue weighted by Crippen LogP contribution is -2.21. The van der Waals surface area contributed by atoms with Gasteiger partial charge in [-0.3, -0.25) is 4.57 Å². The summed E-state index contributed by atoms with van der Waals surface area (Å²) in [7, 11) is 0. The summed E-state index contributed by atoms with van der Waals surface area (Å²) in [5.74, 6) is 5.88. The molecule has 2 aromatic heterocycles. The molecule has 0 aromatic carbocycles. The Morgan fingerprint density at radius 3 is 3.17 bits per heavy atom. The summed E-state index contributed by atoms with van der Waals surface area (Å²) in [6.07, 6.45) is 3.65. The first-order chi connectivity index (χ1) is 8.81. The zero-order valence-corrected chi connectivity index (χ0v) is 10.5. The van der Waals surface area contributed by atoms with E-state index in [9.17, 15) is 4.79 Å². The van der Waals surface area contributed by atoms with E-state index < -0.39 is 0 Å². The van der Waals surface area contributed by atoms with Crippen molar-refractivity contribution >= 4 is 11.3 Å². The Morgan fingerprint density at radius 1 is 1.50 bits per heavy atom. The van der Waals surface area contributed by atoms with E-state index in [0.717, 1.165) is 10.4 Å². The van der Waals surface area contributed by atoms with E-state index in [4.69, 9.17) is 5.11 Å². The van der Waals surface area contributed by atoms with Gasteiger partial charge in [0.15, 0.2) is 0 Å². The Morgan fingerprint density at radius 2 is 2.39 bits per heavy atom. The average molecular weight is 260 g/mol. The van der Waals surface area contributed by atoms with Gasteiger partial charge in [0.05, 0.1) is 13.2 Å². The minimum Gasteiger partial charge on any atom is -0.395 e. The van der Waals surface area contributed by atoms with Gasteiger partial charge in [-0.05, 0) is 17.5 Å². The molecule has 0 atom stereocenters. The predicted molar refractivity (Wildman–Crippen MR) is 70.5 cm³/mol. The maximum Gasteiger partial charge on any atom is 0.347 e. The van der Waals surface area contributed by atoms with Crippen molar-refractivity contribution < 1.29 is 5.11 Å². The van der Waals surface area contributed by atoms with E-state index in [1.807, 2.05) is 11.4 Å². The van der Waals surface area contributed by atoms with Gasteiger partial charge in [0.25, 0.3) is 0 Å². The van der Waals surface area contributed by atoms with Crippen LogP contribution in [0.3, 0.4) is 0 Å². The Kier molecular flexibility index (Phi) is 4.29. The van der Waals surface area contributed by atoms with Gasteiger partial charge in [-0.1, -0.05) is 11.8 Å². The normalized spacial score (nSPS) is 9.83. The Bertz CT molecular complexity index is 634. The largest absolute Gasteiger partial charge is 0.395 e. The first-order valence-electron chi connectivity index (χ1n) is 5.49. The Hall–Kier alpha value is -1.90. The molecule has 0 bridgehead atoms. The van der Waals surface area contributed by atoms with Crippen LogP contribution in [0.2, 0.25) is 0 Å². The molecule has 0 aliphatic heterocycles. The third-order valence-corrected chi connectivity index (χ3v) is 3.21. The summed E-state index contributed by atoms with van der Waals surface area (Å²) >= 11 is 1.56. The molecular weight excluding hydrogens is 248 g/mol. The van der Waals surface area contributed by atoms with Gasteiger partial charge in [-0.25, -0.2) is 9.78 Å². The summed E-state index contributed by atoms with van der Waals surface area (Å²) in [4.78, 5) is 16.2. The van der Waals surface area contributed by atoms with E-state index in [1.165, 1.54) is 6.20 Å². The minimum absolute atomic E-state index is 0.0640. The number of hydrogen-bond acceptors (Lipinski definition) is 4. The van der Waals surface area contributed by atoms with Crippen LogP contribution in [0.25, 0.3) is 0 Å². The Balaban J connectivity index is 2.21. The first-order valence-corrected chi connectivity index (χ1v) is 6.37. The third kappa shape index (κ3) is 3.06. The van der Waals surface area contributed by atoms with Crippen LogP contribution < -0.4 is 5.69 Å². The highest BCUT2D eigenvalue weighted by atomic mass is 32.1. The van der Waals surface area contributed by atoms with Crippen molar-refractivity contribution in [2.75, 3.05) is 6.61 Å². The number of rotatable bonds is 3. The molecule has 4 nitrogen and oxygen atoms in total. The molecule has 0 spiro atoms. The molecule has 0 fully saturated rings. The summed E-state index contributed by atoms with van der Waals surface area (Å²) < 4.78 is 1.54. The van der Waals surface area contributed by atoms with Crippen molar-refractivity contribution in [3.63, 3.8) is 0 Å². The Labute approximate surface area is 109 Å². The van der Waals surface area contributed by atoms with E-state index in [0.29, 0.717) is 13.0 Å². The van der Waals surface area contributed by atoms with E-state index >= 15 is 0 Å². The molecule has 5 heteroatoms. The molecule has 2 aromatic rings. The van der Waals surface area contributed by atoms with Crippen LogP contribution >= 0.6 is 11.3 Å². The molecule has 92 valence electrons. The van der Waals surface area contributed by atoms with Crippen molar-refractivity contribution in [2.45, 2.75) is 13.0 Å². The number of thiophene rings is 1. The molecule has 0 aliphatic rings. The van der Waals surface area contributed by atoms with Crippen molar-refractivity contribution in [3.8, 4) is 11.8 Å². The average Bonchev–Trinajstić information content (AvgIpc) is 2.80. The van der Waals surface area contributed by atoms with Crippen LogP contribution in [-0.4, -0.2) is 21.3 Å². The van der Waals surface area contributed by atoms with Crippen LogP contribution in [0, 0.1) is 11.8 Å². The lowest BCUT2D eigenvalue weighted by Gasteiger charge is -2.02. The van der Waals surface area contributed by atoms with Crippen molar-refractivity contribution in [2.24, 2.45) is 0 Å². The monoisotopic (exact) mass is 260 g/mol. The predicted octanol–water partition coefficient (Wildman–Crippen LogP) is 1.09. The zero-order chi connectivity index (χ0) is 12.8. The topological polar surface area (TPSA) is 55.1 Å². The summed E-state index contributed by atoms with van der Waals surface area (Å²) in [5.41, 5.74) is 0.643. The van der Waals surface area contributed by atoms with E-state index in [2.05, 4.69) is 16.8 Å². The lowest BCUT2D eigenvalue weighted by molar-refractivity contribution is 0.305. The molecule has 2 rings (SSSR count). The van der Waals surface area contributed by atoms with Crippen LogP contribution in [0.1, 0.15) is 16.9 Å². The fraction of sp³-hybridized carbons (Fsp3) is 0.231. The van der Waals surface area contributed by atoms with Gasteiger partial charge in [-0.2, -0.15) is 0 Å². The molecule has 18 heavy (non-hydrogen) atoms. The second kappa shape index (κ2) is 6.15. The van der Waals surface area contributed by atoms with Crippen molar-refractivity contribution in [3.05, 3.63) is 50.8 Å². The second-order valence-electron chi connectivity index (χ2n) is 3.56. The molecule has 0 aliphatic carbocycles. The molecular formula is C13H12N2O2S. The molecule has 0 amide bonds. The number of aliphatic hydroxyl groups is 1.